The molecule has 5 nitrogen and oxygen atoms in total. The molecule has 0 radical (unpaired) electrons. The highest BCUT2D eigenvalue weighted by atomic mass is 19.1. The predicted molar refractivity (Wildman–Crippen MR) is 98.0 cm³/mol. The van der Waals surface area contributed by atoms with Crippen molar-refractivity contribution in [3.8, 4) is 0 Å². The van der Waals surface area contributed by atoms with Crippen LogP contribution in [0.3, 0.4) is 0 Å². The van der Waals surface area contributed by atoms with E-state index in [2.05, 4.69) is 16.0 Å². The summed E-state index contributed by atoms with van der Waals surface area (Å²) in [7, 11) is 0. The summed E-state index contributed by atoms with van der Waals surface area (Å²) in [4.78, 5) is 23.8. The lowest BCUT2D eigenvalue weighted by atomic mass is 10.2. The molecule has 2 aromatic rings. The van der Waals surface area contributed by atoms with Crippen LogP contribution in [0.2, 0.25) is 0 Å². The average Bonchev–Trinajstić information content (AvgIpc) is 2.56. The van der Waals surface area contributed by atoms with Crippen molar-refractivity contribution >= 4 is 28.9 Å². The van der Waals surface area contributed by atoms with E-state index in [1.165, 1.54) is 18.2 Å². The SMILES string of the molecule is CC(C)C(=O)Nc1ccc(NC(C)C(=O)Nc2cccc(F)c2)cc1. The van der Waals surface area contributed by atoms with E-state index in [0.717, 1.165) is 5.69 Å². The molecule has 0 fully saturated rings. The topological polar surface area (TPSA) is 70.2 Å². The van der Waals surface area contributed by atoms with E-state index in [9.17, 15) is 14.0 Å². The van der Waals surface area contributed by atoms with Crippen molar-refractivity contribution < 1.29 is 14.0 Å². The first-order valence-electron chi connectivity index (χ1n) is 8.09. The van der Waals surface area contributed by atoms with E-state index in [-0.39, 0.29) is 17.7 Å². The molecule has 0 saturated carbocycles. The first-order valence-corrected chi connectivity index (χ1v) is 8.09. The summed E-state index contributed by atoms with van der Waals surface area (Å²) in [6.45, 7) is 5.36. The molecular formula is C19H22FN3O2. The Labute approximate surface area is 146 Å². The Balaban J connectivity index is 1.92. The Morgan fingerprint density at radius 2 is 1.44 bits per heavy atom. The van der Waals surface area contributed by atoms with E-state index in [1.807, 2.05) is 13.8 Å². The number of carbonyl (C=O) groups excluding carboxylic acids is 2. The van der Waals surface area contributed by atoms with Crippen molar-refractivity contribution in [3.05, 3.63) is 54.3 Å². The molecule has 0 saturated heterocycles. The molecule has 0 heterocycles. The lowest BCUT2D eigenvalue weighted by Crippen LogP contribution is -2.31. The van der Waals surface area contributed by atoms with Crippen LogP contribution in [0.5, 0.6) is 0 Å². The van der Waals surface area contributed by atoms with Gasteiger partial charge in [-0.05, 0) is 49.4 Å². The van der Waals surface area contributed by atoms with Gasteiger partial charge < -0.3 is 16.0 Å². The molecule has 6 heteroatoms. The Bertz CT molecular complexity index is 745. The second kappa shape index (κ2) is 8.28. The third-order valence-corrected chi connectivity index (χ3v) is 3.55. The summed E-state index contributed by atoms with van der Waals surface area (Å²) in [6, 6.07) is 12.3. The summed E-state index contributed by atoms with van der Waals surface area (Å²) < 4.78 is 13.1. The zero-order valence-corrected chi connectivity index (χ0v) is 14.5. The fourth-order valence-corrected chi connectivity index (χ4v) is 2.07. The molecule has 0 aliphatic carbocycles. The van der Waals surface area contributed by atoms with Crippen molar-refractivity contribution in [2.24, 2.45) is 5.92 Å². The monoisotopic (exact) mass is 343 g/mol. The molecule has 2 aromatic carbocycles. The Kier molecular flexibility index (Phi) is 6.11. The molecule has 0 spiro atoms. The van der Waals surface area contributed by atoms with Gasteiger partial charge in [-0.3, -0.25) is 9.59 Å². The summed E-state index contributed by atoms with van der Waals surface area (Å²) in [5, 5.41) is 8.52. The minimum absolute atomic E-state index is 0.0523. The third kappa shape index (κ3) is 5.60. The van der Waals surface area contributed by atoms with Crippen LogP contribution in [0.1, 0.15) is 20.8 Å². The second-order valence-corrected chi connectivity index (χ2v) is 6.09. The van der Waals surface area contributed by atoms with Crippen molar-refractivity contribution in [2.75, 3.05) is 16.0 Å². The highest BCUT2D eigenvalue weighted by Crippen LogP contribution is 2.16. The minimum atomic E-state index is -0.514. The highest BCUT2D eigenvalue weighted by Gasteiger charge is 2.13. The van der Waals surface area contributed by atoms with Crippen LogP contribution in [-0.2, 0) is 9.59 Å². The standard InChI is InChI=1S/C19H22FN3O2/c1-12(2)18(24)22-16-9-7-15(8-10-16)21-13(3)19(25)23-17-6-4-5-14(20)11-17/h4-13,21H,1-3H3,(H,22,24)(H,23,25). The molecule has 2 amide bonds. The van der Waals surface area contributed by atoms with Crippen molar-refractivity contribution in [1.82, 2.24) is 0 Å². The first kappa shape index (κ1) is 18.4. The molecule has 132 valence electrons. The number of hydrogen-bond donors (Lipinski definition) is 3. The summed E-state index contributed by atoms with van der Waals surface area (Å²) in [5.74, 6) is -0.826. The molecule has 1 atom stereocenters. The molecule has 0 bridgehead atoms. The number of carbonyl (C=O) groups is 2. The Hall–Kier alpha value is -2.89. The van der Waals surface area contributed by atoms with Gasteiger partial charge in [-0.25, -0.2) is 4.39 Å². The fraction of sp³-hybridized carbons (Fsp3) is 0.263. The van der Waals surface area contributed by atoms with Crippen LogP contribution in [0.25, 0.3) is 0 Å². The quantitative estimate of drug-likeness (QED) is 0.746. The van der Waals surface area contributed by atoms with Gasteiger partial charge in [0.25, 0.3) is 0 Å². The number of nitrogens with one attached hydrogen (secondary N) is 3. The van der Waals surface area contributed by atoms with Gasteiger partial charge in [0.1, 0.15) is 11.9 Å². The minimum Gasteiger partial charge on any atom is -0.374 e. The van der Waals surface area contributed by atoms with Crippen molar-refractivity contribution in [1.29, 1.82) is 0 Å². The molecular weight excluding hydrogens is 321 g/mol. The maximum Gasteiger partial charge on any atom is 0.246 e. The van der Waals surface area contributed by atoms with Crippen LogP contribution >= 0.6 is 0 Å². The van der Waals surface area contributed by atoms with Gasteiger partial charge in [-0.2, -0.15) is 0 Å². The zero-order valence-electron chi connectivity index (χ0n) is 14.5. The largest absolute Gasteiger partial charge is 0.374 e. The summed E-state index contributed by atoms with van der Waals surface area (Å²) in [6.07, 6.45) is 0. The van der Waals surface area contributed by atoms with Crippen LogP contribution in [-0.4, -0.2) is 17.9 Å². The van der Waals surface area contributed by atoms with Crippen molar-refractivity contribution in [2.45, 2.75) is 26.8 Å². The number of anilines is 3. The van der Waals surface area contributed by atoms with Gasteiger partial charge >= 0.3 is 0 Å². The molecule has 0 aliphatic rings. The fourth-order valence-electron chi connectivity index (χ4n) is 2.07. The lowest BCUT2D eigenvalue weighted by molar-refractivity contribution is -0.119. The van der Waals surface area contributed by atoms with E-state index >= 15 is 0 Å². The molecule has 25 heavy (non-hydrogen) atoms. The highest BCUT2D eigenvalue weighted by molar-refractivity contribution is 5.96. The van der Waals surface area contributed by atoms with Crippen LogP contribution in [0.15, 0.2) is 48.5 Å². The predicted octanol–water partition coefficient (Wildman–Crippen LogP) is 3.86. The van der Waals surface area contributed by atoms with Crippen LogP contribution in [0.4, 0.5) is 21.5 Å². The van der Waals surface area contributed by atoms with Gasteiger partial charge in [-0.1, -0.05) is 19.9 Å². The van der Waals surface area contributed by atoms with E-state index in [0.29, 0.717) is 11.4 Å². The number of benzene rings is 2. The lowest BCUT2D eigenvalue weighted by Gasteiger charge is -2.16. The Morgan fingerprint density at radius 1 is 0.840 bits per heavy atom. The molecule has 3 N–H and O–H groups in total. The number of amides is 2. The second-order valence-electron chi connectivity index (χ2n) is 6.09. The molecule has 0 aliphatic heterocycles. The van der Waals surface area contributed by atoms with Crippen molar-refractivity contribution in [3.63, 3.8) is 0 Å². The van der Waals surface area contributed by atoms with Gasteiger partial charge in [0.15, 0.2) is 0 Å². The van der Waals surface area contributed by atoms with Gasteiger partial charge in [0.05, 0.1) is 0 Å². The Morgan fingerprint density at radius 3 is 2.04 bits per heavy atom. The summed E-state index contributed by atoms with van der Waals surface area (Å²) >= 11 is 0. The van der Waals surface area contributed by atoms with Crippen LogP contribution in [0, 0.1) is 11.7 Å². The number of hydrogen-bond acceptors (Lipinski definition) is 3. The van der Waals surface area contributed by atoms with Gasteiger partial charge in [-0.15, -0.1) is 0 Å². The first-order chi connectivity index (χ1) is 11.8. The maximum absolute atomic E-state index is 13.1. The van der Waals surface area contributed by atoms with E-state index in [1.54, 1.807) is 37.3 Å². The van der Waals surface area contributed by atoms with E-state index in [4.69, 9.17) is 0 Å². The zero-order chi connectivity index (χ0) is 18.4. The maximum atomic E-state index is 13.1. The third-order valence-electron chi connectivity index (χ3n) is 3.55. The smallest absolute Gasteiger partial charge is 0.246 e. The van der Waals surface area contributed by atoms with E-state index < -0.39 is 11.9 Å². The number of halogens is 1. The number of rotatable bonds is 6. The van der Waals surface area contributed by atoms with Crippen LogP contribution < -0.4 is 16.0 Å². The average molecular weight is 343 g/mol. The molecule has 1 unspecified atom stereocenters. The summed E-state index contributed by atoms with van der Waals surface area (Å²) in [5.41, 5.74) is 1.84. The van der Waals surface area contributed by atoms with Gasteiger partial charge in [0, 0.05) is 23.0 Å². The molecule has 2 rings (SSSR count). The molecule has 0 aromatic heterocycles. The van der Waals surface area contributed by atoms with Gasteiger partial charge in [0.2, 0.25) is 11.8 Å². The normalized spacial score (nSPS) is 11.7.